The van der Waals surface area contributed by atoms with Crippen LogP contribution in [-0.4, -0.2) is 52.8 Å². The van der Waals surface area contributed by atoms with Crippen LogP contribution >= 0.6 is 0 Å². The van der Waals surface area contributed by atoms with E-state index in [1.54, 1.807) is 36.4 Å². The minimum Gasteiger partial charge on any atom is -0.391 e. The lowest BCUT2D eigenvalue weighted by molar-refractivity contribution is -0.133. The number of amides is 3. The van der Waals surface area contributed by atoms with E-state index in [1.165, 1.54) is 31.0 Å². The maximum Gasteiger partial charge on any atom is 0.268 e. The first-order valence-electron chi connectivity index (χ1n) is 11.5. The van der Waals surface area contributed by atoms with Crippen LogP contribution in [0.5, 0.6) is 0 Å². The van der Waals surface area contributed by atoms with Crippen LogP contribution in [0, 0.1) is 23.7 Å². The van der Waals surface area contributed by atoms with Gasteiger partial charge in [0.05, 0.1) is 12.6 Å². The number of carbonyl (C=O) groups excluding carboxylic acids is 3. The van der Waals surface area contributed by atoms with Gasteiger partial charge in [0.15, 0.2) is 0 Å². The van der Waals surface area contributed by atoms with Crippen molar-refractivity contribution < 1.29 is 24.7 Å². The fourth-order valence-electron chi connectivity index (χ4n) is 3.30. The van der Waals surface area contributed by atoms with Crippen molar-refractivity contribution >= 4 is 23.4 Å². The Hall–Kier alpha value is -4.15. The molecule has 2 aromatic carbocycles. The largest absolute Gasteiger partial charge is 0.391 e. The molecule has 9 nitrogen and oxygen atoms in total. The highest BCUT2D eigenvalue weighted by atomic mass is 16.5. The Labute approximate surface area is 209 Å². The van der Waals surface area contributed by atoms with Gasteiger partial charge in [-0.2, -0.15) is 0 Å². The van der Waals surface area contributed by atoms with Gasteiger partial charge in [0.1, 0.15) is 6.04 Å². The van der Waals surface area contributed by atoms with Crippen LogP contribution in [0.3, 0.4) is 0 Å². The number of anilines is 1. The predicted molar refractivity (Wildman–Crippen MR) is 134 cm³/mol. The lowest BCUT2D eigenvalue weighted by Crippen LogP contribution is -2.51. The number of hydroxylamine groups is 1. The van der Waals surface area contributed by atoms with Crippen LogP contribution in [0.25, 0.3) is 0 Å². The predicted octanol–water partition coefficient (Wildman–Crippen LogP) is 1.16. The zero-order valence-electron chi connectivity index (χ0n) is 19.8. The van der Waals surface area contributed by atoms with E-state index >= 15 is 0 Å². The number of aliphatic hydroxyl groups is 1. The molecule has 0 radical (unpaired) electrons. The van der Waals surface area contributed by atoms with Gasteiger partial charge in [0.2, 0.25) is 5.91 Å². The van der Waals surface area contributed by atoms with Crippen molar-refractivity contribution in [3.63, 3.8) is 0 Å². The zero-order chi connectivity index (χ0) is 25.9. The molecule has 3 amide bonds. The van der Waals surface area contributed by atoms with E-state index in [0.717, 1.165) is 18.4 Å². The van der Waals surface area contributed by atoms with Crippen molar-refractivity contribution in [1.82, 2.24) is 16.1 Å². The first kappa shape index (κ1) is 26.5. The standard InChI is InChI=1S/C27H28N4O5/c1-18(32)25(27(35)31-36)30-26(34)21-13-9-19(10-14-21)5-2-3-6-20-11-15-23(16-12-20)29-24(33)17-28-22-7-4-8-22/h9-16,18,22,25,28,32,36H,4,7-8,17H2,1H3,(H,29,33)(H,30,34)(H,31,35). The second kappa shape index (κ2) is 13.1. The Kier molecular flexibility index (Phi) is 9.61. The van der Waals surface area contributed by atoms with Crippen molar-refractivity contribution in [2.24, 2.45) is 0 Å². The number of benzene rings is 2. The van der Waals surface area contributed by atoms with Gasteiger partial charge in [0, 0.05) is 28.4 Å². The smallest absolute Gasteiger partial charge is 0.268 e. The Morgan fingerprint density at radius 1 is 0.972 bits per heavy atom. The van der Waals surface area contributed by atoms with Gasteiger partial charge in [-0.05, 0) is 80.1 Å². The van der Waals surface area contributed by atoms with Crippen LogP contribution in [0.4, 0.5) is 5.69 Å². The van der Waals surface area contributed by atoms with Gasteiger partial charge < -0.3 is 21.1 Å². The lowest BCUT2D eigenvalue weighted by Gasteiger charge is -2.26. The molecule has 2 aromatic rings. The van der Waals surface area contributed by atoms with Crippen molar-refractivity contribution in [2.45, 2.75) is 44.4 Å². The third-order valence-electron chi connectivity index (χ3n) is 5.61. The van der Waals surface area contributed by atoms with Gasteiger partial charge in [-0.1, -0.05) is 18.3 Å². The van der Waals surface area contributed by atoms with E-state index in [1.807, 2.05) is 0 Å². The van der Waals surface area contributed by atoms with Gasteiger partial charge in [-0.25, -0.2) is 5.48 Å². The summed E-state index contributed by atoms with van der Waals surface area (Å²) in [6.45, 7) is 1.62. The molecule has 0 bridgehead atoms. The monoisotopic (exact) mass is 488 g/mol. The molecule has 2 atom stereocenters. The van der Waals surface area contributed by atoms with Crippen LogP contribution in [0.15, 0.2) is 48.5 Å². The molecule has 0 heterocycles. The molecule has 36 heavy (non-hydrogen) atoms. The van der Waals surface area contributed by atoms with Gasteiger partial charge in [-0.3, -0.25) is 19.6 Å². The summed E-state index contributed by atoms with van der Waals surface area (Å²) in [5, 5.41) is 26.8. The second-order valence-electron chi connectivity index (χ2n) is 8.38. The topological polar surface area (TPSA) is 140 Å². The minimum atomic E-state index is -1.29. The van der Waals surface area contributed by atoms with Crippen LogP contribution in [0.1, 0.15) is 47.7 Å². The Morgan fingerprint density at radius 2 is 1.56 bits per heavy atom. The van der Waals surface area contributed by atoms with E-state index in [-0.39, 0.29) is 11.5 Å². The number of rotatable bonds is 8. The number of hydrogen-bond donors (Lipinski definition) is 6. The molecule has 9 heteroatoms. The molecule has 0 aliphatic heterocycles. The molecule has 1 aliphatic rings. The Balaban J connectivity index is 1.50. The number of nitrogens with one attached hydrogen (secondary N) is 4. The summed E-state index contributed by atoms with van der Waals surface area (Å²) in [5.74, 6) is 9.75. The fourth-order valence-corrected chi connectivity index (χ4v) is 3.30. The minimum absolute atomic E-state index is 0.0754. The number of aliphatic hydroxyl groups excluding tert-OH is 1. The normalized spacial score (nSPS) is 14.0. The molecule has 2 unspecified atom stereocenters. The SMILES string of the molecule is CC(O)C(NC(=O)c1ccc(C#CC#Cc2ccc(NC(=O)CNC3CCC3)cc2)cc1)C(=O)NO. The van der Waals surface area contributed by atoms with E-state index in [0.29, 0.717) is 23.8 Å². The van der Waals surface area contributed by atoms with Gasteiger partial charge in [-0.15, -0.1) is 0 Å². The summed E-state index contributed by atoms with van der Waals surface area (Å²) < 4.78 is 0. The zero-order valence-corrected chi connectivity index (χ0v) is 19.8. The third-order valence-corrected chi connectivity index (χ3v) is 5.61. The Morgan fingerprint density at radius 3 is 2.06 bits per heavy atom. The summed E-state index contributed by atoms with van der Waals surface area (Å²) in [7, 11) is 0. The molecule has 0 spiro atoms. The molecule has 3 rings (SSSR count). The third kappa shape index (κ3) is 7.97. The fraction of sp³-hybridized carbons (Fsp3) is 0.296. The van der Waals surface area contributed by atoms with Crippen molar-refractivity contribution in [2.75, 3.05) is 11.9 Å². The first-order valence-corrected chi connectivity index (χ1v) is 11.5. The molecule has 1 aliphatic carbocycles. The molecular weight excluding hydrogens is 460 g/mol. The molecule has 6 N–H and O–H groups in total. The molecule has 0 aromatic heterocycles. The van der Waals surface area contributed by atoms with Crippen LogP contribution < -0.4 is 21.4 Å². The highest BCUT2D eigenvalue weighted by molar-refractivity contribution is 5.97. The summed E-state index contributed by atoms with van der Waals surface area (Å²) in [6, 6.07) is 12.6. The maximum absolute atomic E-state index is 12.3. The second-order valence-corrected chi connectivity index (χ2v) is 8.38. The quantitative estimate of drug-likeness (QED) is 0.187. The Bertz CT molecular complexity index is 1200. The van der Waals surface area contributed by atoms with Crippen molar-refractivity contribution in [3.8, 4) is 23.7 Å². The van der Waals surface area contributed by atoms with Crippen molar-refractivity contribution in [3.05, 3.63) is 65.2 Å². The lowest BCUT2D eigenvalue weighted by atomic mass is 9.93. The molecule has 1 saturated carbocycles. The highest BCUT2D eigenvalue weighted by Crippen LogP contribution is 2.17. The summed E-state index contributed by atoms with van der Waals surface area (Å²) in [6.07, 6.45) is 2.28. The maximum atomic E-state index is 12.3. The van der Waals surface area contributed by atoms with Gasteiger partial charge >= 0.3 is 0 Å². The molecule has 1 fully saturated rings. The van der Waals surface area contributed by atoms with E-state index < -0.39 is 24.0 Å². The van der Waals surface area contributed by atoms with Crippen LogP contribution in [-0.2, 0) is 9.59 Å². The summed E-state index contributed by atoms with van der Waals surface area (Å²) in [4.78, 5) is 35.8. The summed E-state index contributed by atoms with van der Waals surface area (Å²) >= 11 is 0. The molecule has 186 valence electrons. The van der Waals surface area contributed by atoms with Gasteiger partial charge in [0.25, 0.3) is 11.8 Å². The van der Waals surface area contributed by atoms with E-state index in [4.69, 9.17) is 5.21 Å². The number of hydrogen-bond acceptors (Lipinski definition) is 6. The summed E-state index contributed by atoms with van der Waals surface area (Å²) in [5.41, 5.74) is 3.76. The van der Waals surface area contributed by atoms with Crippen molar-refractivity contribution in [1.29, 1.82) is 0 Å². The average Bonchev–Trinajstić information content (AvgIpc) is 2.84. The highest BCUT2D eigenvalue weighted by Gasteiger charge is 2.25. The molecular formula is C27H28N4O5. The van der Waals surface area contributed by atoms with E-state index in [2.05, 4.69) is 39.6 Å². The van der Waals surface area contributed by atoms with E-state index in [9.17, 15) is 19.5 Å². The van der Waals surface area contributed by atoms with Crippen LogP contribution in [0.2, 0.25) is 0 Å². The average molecular weight is 489 g/mol. The molecule has 0 saturated heterocycles. The first-order chi connectivity index (χ1) is 17.4. The number of carbonyl (C=O) groups is 3.